The van der Waals surface area contributed by atoms with Crippen LogP contribution < -0.4 is 16.0 Å². The van der Waals surface area contributed by atoms with Gasteiger partial charge in [0.1, 0.15) is 0 Å². The van der Waals surface area contributed by atoms with Crippen molar-refractivity contribution in [2.45, 2.75) is 25.8 Å². The molecule has 94 valence electrons. The van der Waals surface area contributed by atoms with E-state index in [-0.39, 0.29) is 5.91 Å². The zero-order chi connectivity index (χ0) is 12.9. The van der Waals surface area contributed by atoms with E-state index in [1.807, 2.05) is 26.0 Å². The van der Waals surface area contributed by atoms with Crippen LogP contribution in [0.15, 0.2) is 12.1 Å². The van der Waals surface area contributed by atoms with Crippen molar-refractivity contribution in [3.8, 4) is 0 Å². The Balaban J connectivity index is 2.24. The highest BCUT2D eigenvalue weighted by Crippen LogP contribution is 2.39. The molecule has 1 saturated heterocycles. The highest BCUT2D eigenvalue weighted by molar-refractivity contribution is 6.08. The second-order valence-electron chi connectivity index (χ2n) is 4.99. The molecule has 0 bridgehead atoms. The van der Waals surface area contributed by atoms with E-state index in [0.717, 1.165) is 22.4 Å². The lowest BCUT2D eigenvalue weighted by Gasteiger charge is -2.35. The van der Waals surface area contributed by atoms with Crippen LogP contribution in [0.1, 0.15) is 23.1 Å². The minimum Gasteiger partial charge on any atom is -0.385 e. The molecule has 5 nitrogen and oxygen atoms in total. The summed E-state index contributed by atoms with van der Waals surface area (Å²) in [5, 5.41) is 8.44. The second-order valence-corrected chi connectivity index (χ2v) is 4.99. The van der Waals surface area contributed by atoms with E-state index in [2.05, 4.69) is 16.0 Å². The molecule has 2 heterocycles. The summed E-state index contributed by atoms with van der Waals surface area (Å²) in [7, 11) is 0. The van der Waals surface area contributed by atoms with Crippen LogP contribution in [0.4, 0.5) is 10.5 Å². The van der Waals surface area contributed by atoms with E-state index in [1.165, 1.54) is 0 Å². The third-order valence-electron chi connectivity index (χ3n) is 3.66. The summed E-state index contributed by atoms with van der Waals surface area (Å²) < 4.78 is 0. The molecule has 3 amide bonds. The molecule has 2 aliphatic heterocycles. The first-order valence-electron chi connectivity index (χ1n) is 6.02. The van der Waals surface area contributed by atoms with Crippen molar-refractivity contribution in [3.63, 3.8) is 0 Å². The standard InChI is InChI=1S/C13H15N3O2/c1-7-5-8(2)10-9(6-7)14-4-3-13(10)11(17)15-12(18)16-13/h5-6,14H,3-4H2,1-2H3,(H2,15,16,17,18). The van der Waals surface area contributed by atoms with Crippen molar-refractivity contribution in [1.29, 1.82) is 0 Å². The summed E-state index contributed by atoms with van der Waals surface area (Å²) in [4.78, 5) is 23.6. The molecule has 1 spiro atoms. The molecule has 0 aliphatic carbocycles. The molecular formula is C13H15N3O2. The van der Waals surface area contributed by atoms with Gasteiger partial charge in [-0.3, -0.25) is 10.1 Å². The molecule has 1 aromatic carbocycles. The predicted octanol–water partition coefficient (Wildman–Crippen LogP) is 1.15. The zero-order valence-electron chi connectivity index (χ0n) is 10.4. The molecule has 3 N–H and O–H groups in total. The molecule has 1 unspecified atom stereocenters. The van der Waals surface area contributed by atoms with Crippen molar-refractivity contribution in [2.24, 2.45) is 0 Å². The highest BCUT2D eigenvalue weighted by atomic mass is 16.2. The molecule has 5 heteroatoms. The van der Waals surface area contributed by atoms with E-state index in [1.54, 1.807) is 0 Å². The minimum absolute atomic E-state index is 0.248. The number of amides is 3. The number of benzene rings is 1. The van der Waals surface area contributed by atoms with Crippen LogP contribution in [0, 0.1) is 13.8 Å². The number of carbonyl (C=O) groups excluding carboxylic acids is 2. The number of anilines is 1. The van der Waals surface area contributed by atoms with Crippen LogP contribution in [-0.4, -0.2) is 18.5 Å². The smallest absolute Gasteiger partial charge is 0.322 e. The largest absolute Gasteiger partial charge is 0.385 e. The number of carbonyl (C=O) groups is 2. The Morgan fingerprint density at radius 2 is 2.00 bits per heavy atom. The predicted molar refractivity (Wildman–Crippen MR) is 67.4 cm³/mol. The van der Waals surface area contributed by atoms with Crippen LogP contribution in [-0.2, 0) is 10.3 Å². The topological polar surface area (TPSA) is 70.2 Å². The summed E-state index contributed by atoms with van der Waals surface area (Å²) in [5.74, 6) is -0.248. The molecule has 0 radical (unpaired) electrons. The van der Waals surface area contributed by atoms with Gasteiger partial charge in [0, 0.05) is 24.2 Å². The molecule has 1 aromatic rings. The lowest BCUT2D eigenvalue weighted by atomic mass is 9.80. The fourth-order valence-corrected chi connectivity index (χ4v) is 3.03. The zero-order valence-corrected chi connectivity index (χ0v) is 10.4. The Morgan fingerprint density at radius 1 is 1.22 bits per heavy atom. The van der Waals surface area contributed by atoms with E-state index >= 15 is 0 Å². The summed E-state index contributed by atoms with van der Waals surface area (Å²) >= 11 is 0. The average molecular weight is 245 g/mol. The van der Waals surface area contributed by atoms with Crippen molar-refractivity contribution in [1.82, 2.24) is 10.6 Å². The van der Waals surface area contributed by atoms with Crippen molar-refractivity contribution in [2.75, 3.05) is 11.9 Å². The first kappa shape index (κ1) is 11.1. The molecule has 18 heavy (non-hydrogen) atoms. The fraction of sp³-hybridized carbons (Fsp3) is 0.385. The molecule has 1 fully saturated rings. The lowest BCUT2D eigenvalue weighted by Crippen LogP contribution is -2.48. The van der Waals surface area contributed by atoms with E-state index in [9.17, 15) is 9.59 Å². The molecule has 3 rings (SSSR count). The minimum atomic E-state index is -0.893. The third kappa shape index (κ3) is 1.33. The highest BCUT2D eigenvalue weighted by Gasteiger charge is 2.50. The quantitative estimate of drug-likeness (QED) is 0.601. The molecule has 0 saturated carbocycles. The maximum atomic E-state index is 12.1. The van der Waals surface area contributed by atoms with Gasteiger partial charge in [-0.1, -0.05) is 6.07 Å². The van der Waals surface area contributed by atoms with E-state index in [4.69, 9.17) is 0 Å². The van der Waals surface area contributed by atoms with Crippen LogP contribution in [0.25, 0.3) is 0 Å². The molecule has 2 aliphatic rings. The molecular weight excluding hydrogens is 230 g/mol. The number of hydrogen-bond acceptors (Lipinski definition) is 3. The average Bonchev–Trinajstić information content (AvgIpc) is 2.53. The Morgan fingerprint density at radius 3 is 2.67 bits per heavy atom. The summed E-state index contributed by atoms with van der Waals surface area (Å²) in [5.41, 5.74) is 3.10. The molecule has 0 aromatic heterocycles. The van der Waals surface area contributed by atoms with Gasteiger partial charge in [-0.15, -0.1) is 0 Å². The number of aryl methyl sites for hydroxylation is 2. The molecule has 1 atom stereocenters. The SMILES string of the molecule is Cc1cc(C)c2c(c1)NCCC21NC(=O)NC1=O. The Labute approximate surface area is 105 Å². The first-order valence-corrected chi connectivity index (χ1v) is 6.02. The summed E-state index contributed by atoms with van der Waals surface area (Å²) in [6.07, 6.45) is 0.571. The van der Waals surface area contributed by atoms with Gasteiger partial charge < -0.3 is 10.6 Å². The van der Waals surface area contributed by atoms with Crippen LogP contribution in [0.5, 0.6) is 0 Å². The number of fused-ring (bicyclic) bond motifs is 2. The normalized spacial score (nSPS) is 25.4. The number of hydrogen-bond donors (Lipinski definition) is 3. The maximum Gasteiger partial charge on any atom is 0.322 e. The second kappa shape index (κ2) is 3.48. The number of urea groups is 1. The Hall–Kier alpha value is -2.04. The van der Waals surface area contributed by atoms with Gasteiger partial charge in [0.2, 0.25) is 0 Å². The monoisotopic (exact) mass is 245 g/mol. The number of rotatable bonds is 0. The Kier molecular flexibility index (Phi) is 2.14. The maximum absolute atomic E-state index is 12.1. The van der Waals surface area contributed by atoms with E-state index < -0.39 is 11.6 Å². The van der Waals surface area contributed by atoms with Gasteiger partial charge >= 0.3 is 6.03 Å². The van der Waals surface area contributed by atoms with Gasteiger partial charge in [-0.05, 0) is 31.0 Å². The van der Waals surface area contributed by atoms with Crippen molar-refractivity contribution < 1.29 is 9.59 Å². The third-order valence-corrected chi connectivity index (χ3v) is 3.66. The summed E-state index contributed by atoms with van der Waals surface area (Å²) in [6.45, 7) is 4.66. The van der Waals surface area contributed by atoms with Crippen LogP contribution >= 0.6 is 0 Å². The summed E-state index contributed by atoms with van der Waals surface area (Å²) in [6, 6.07) is 3.64. The van der Waals surface area contributed by atoms with Gasteiger partial charge in [0.05, 0.1) is 0 Å². The van der Waals surface area contributed by atoms with Gasteiger partial charge in [-0.25, -0.2) is 4.79 Å². The van der Waals surface area contributed by atoms with Crippen LogP contribution in [0.2, 0.25) is 0 Å². The van der Waals surface area contributed by atoms with Crippen molar-refractivity contribution in [3.05, 3.63) is 28.8 Å². The Bertz CT molecular complexity index is 568. The van der Waals surface area contributed by atoms with Gasteiger partial charge in [0.25, 0.3) is 5.91 Å². The first-order chi connectivity index (χ1) is 8.53. The van der Waals surface area contributed by atoms with Gasteiger partial charge in [-0.2, -0.15) is 0 Å². The van der Waals surface area contributed by atoms with Gasteiger partial charge in [0.15, 0.2) is 5.54 Å². The number of nitrogens with one attached hydrogen (secondary N) is 3. The van der Waals surface area contributed by atoms with Crippen LogP contribution in [0.3, 0.4) is 0 Å². The lowest BCUT2D eigenvalue weighted by molar-refractivity contribution is -0.124. The number of imide groups is 1. The van der Waals surface area contributed by atoms with E-state index in [0.29, 0.717) is 13.0 Å². The van der Waals surface area contributed by atoms with Crippen molar-refractivity contribution >= 4 is 17.6 Å². The fourth-order valence-electron chi connectivity index (χ4n) is 3.03.